The fraction of sp³-hybridized carbons (Fsp3) is 0.727. The summed E-state index contributed by atoms with van der Waals surface area (Å²) in [4.78, 5) is 0. The lowest BCUT2D eigenvalue weighted by molar-refractivity contribution is -0.237. The molecule has 10 atom stereocenters. The maximum atomic E-state index is 10.9. The topological polar surface area (TPSA) is 147 Å². The van der Waals surface area contributed by atoms with E-state index in [1.165, 1.54) is 0 Å². The summed E-state index contributed by atoms with van der Waals surface area (Å²) >= 11 is 0. The van der Waals surface area contributed by atoms with E-state index in [1.807, 2.05) is 30.3 Å². The van der Waals surface area contributed by atoms with Crippen LogP contribution in [0.5, 0.6) is 0 Å². The molecule has 0 saturated carbocycles. The van der Waals surface area contributed by atoms with Gasteiger partial charge in [0.15, 0.2) is 12.1 Å². The molecule has 1 aromatic carbocycles. The van der Waals surface area contributed by atoms with E-state index in [2.05, 4.69) is 0 Å². The second kappa shape index (κ2) is 9.59. The van der Waals surface area contributed by atoms with Crippen LogP contribution < -0.4 is 0 Å². The minimum Gasteiger partial charge on any atom is -0.390 e. The lowest BCUT2D eigenvalue weighted by Gasteiger charge is -2.38. The van der Waals surface area contributed by atoms with E-state index in [-0.39, 0.29) is 19.6 Å². The molecule has 3 saturated heterocycles. The van der Waals surface area contributed by atoms with Crippen LogP contribution in [-0.2, 0) is 30.3 Å². The van der Waals surface area contributed by atoms with Crippen molar-refractivity contribution in [2.24, 2.45) is 0 Å². The van der Waals surface area contributed by atoms with E-state index in [9.17, 15) is 25.5 Å². The number of ether oxygens (including phenoxy) is 5. The zero-order valence-corrected chi connectivity index (χ0v) is 18.1. The van der Waals surface area contributed by atoms with Gasteiger partial charge in [0.05, 0.1) is 25.4 Å². The monoisotopic (exact) mass is 456 g/mol. The number of fused-ring (bicyclic) bond motifs is 1. The van der Waals surface area contributed by atoms with Crippen LogP contribution in [0.25, 0.3) is 0 Å². The largest absolute Gasteiger partial charge is 0.390 e. The molecule has 0 bridgehead atoms. The van der Waals surface area contributed by atoms with Crippen LogP contribution in [0.15, 0.2) is 30.3 Å². The quantitative estimate of drug-likeness (QED) is 0.348. The van der Waals surface area contributed by atoms with Gasteiger partial charge in [-0.05, 0) is 19.4 Å². The molecule has 3 heterocycles. The van der Waals surface area contributed by atoms with Gasteiger partial charge in [-0.2, -0.15) is 0 Å². The lowest BCUT2D eigenvalue weighted by Crippen LogP contribution is -2.57. The van der Waals surface area contributed by atoms with Crippen molar-refractivity contribution in [3.05, 3.63) is 35.9 Å². The number of aliphatic hydroxyl groups is 5. The number of benzene rings is 1. The zero-order valence-electron chi connectivity index (χ0n) is 18.1. The van der Waals surface area contributed by atoms with Crippen LogP contribution in [0.3, 0.4) is 0 Å². The summed E-state index contributed by atoms with van der Waals surface area (Å²) in [5.41, 5.74) is 0.939. The maximum absolute atomic E-state index is 10.9. The highest BCUT2D eigenvalue weighted by Gasteiger charge is 2.57. The van der Waals surface area contributed by atoms with Gasteiger partial charge >= 0.3 is 0 Å². The molecule has 3 aliphatic rings. The van der Waals surface area contributed by atoms with Gasteiger partial charge in [-0.15, -0.1) is 0 Å². The van der Waals surface area contributed by atoms with Crippen LogP contribution in [-0.4, -0.2) is 99.2 Å². The van der Waals surface area contributed by atoms with Crippen molar-refractivity contribution in [3.63, 3.8) is 0 Å². The van der Waals surface area contributed by atoms with Crippen molar-refractivity contribution >= 4 is 0 Å². The van der Waals surface area contributed by atoms with Gasteiger partial charge in [0, 0.05) is 6.42 Å². The highest BCUT2D eigenvalue weighted by Crippen LogP contribution is 2.40. The van der Waals surface area contributed by atoms with Gasteiger partial charge in [-0.3, -0.25) is 0 Å². The smallest absolute Gasteiger partial charge is 0.190 e. The predicted octanol–water partition coefficient (Wildman–Crippen LogP) is -0.958. The van der Waals surface area contributed by atoms with Gasteiger partial charge in [0.2, 0.25) is 0 Å². The van der Waals surface area contributed by atoms with Gasteiger partial charge in [-0.25, -0.2) is 0 Å². The minimum absolute atomic E-state index is 0.219. The van der Waals surface area contributed by atoms with E-state index in [0.717, 1.165) is 5.56 Å². The standard InChI is InChI=1S/C22H32O10/c1-22(2)31-20-19(28-9-11-6-4-3-5-7-11)18(30-21(20)32-22)13(24)8-12(23)17-16(27)15(26)14(25)10-29-17/h3-7,12-21,23-27H,8-10H2,1-2H3/t12-,13-,14-,15+,16-,17+,18-,19+,20-,21-/m1/s1. The molecule has 3 aliphatic heterocycles. The van der Waals surface area contributed by atoms with Gasteiger partial charge < -0.3 is 49.2 Å². The Bertz CT molecular complexity index is 745. The second-order valence-electron chi connectivity index (χ2n) is 9.05. The summed E-state index contributed by atoms with van der Waals surface area (Å²) in [6.07, 6.45) is -11.0. The van der Waals surface area contributed by atoms with E-state index >= 15 is 0 Å². The first-order chi connectivity index (χ1) is 15.2. The molecular weight excluding hydrogens is 424 g/mol. The summed E-state index contributed by atoms with van der Waals surface area (Å²) in [6, 6.07) is 9.53. The molecule has 3 fully saturated rings. The molecule has 10 heteroatoms. The Balaban J connectivity index is 1.43. The van der Waals surface area contributed by atoms with Gasteiger partial charge in [-0.1, -0.05) is 30.3 Å². The van der Waals surface area contributed by atoms with E-state index in [1.54, 1.807) is 13.8 Å². The fourth-order valence-electron chi connectivity index (χ4n) is 4.45. The van der Waals surface area contributed by atoms with Crippen molar-refractivity contribution in [2.75, 3.05) is 6.61 Å². The van der Waals surface area contributed by atoms with Crippen LogP contribution in [0, 0.1) is 0 Å². The zero-order chi connectivity index (χ0) is 23.0. The predicted molar refractivity (Wildman–Crippen MR) is 108 cm³/mol. The van der Waals surface area contributed by atoms with Crippen LogP contribution in [0.2, 0.25) is 0 Å². The first-order valence-electron chi connectivity index (χ1n) is 10.8. The Hall–Kier alpha value is -1.18. The third-order valence-electron chi connectivity index (χ3n) is 6.09. The Labute approximate surface area is 186 Å². The molecular formula is C22H32O10. The Kier molecular flexibility index (Phi) is 7.18. The first kappa shape index (κ1) is 24.0. The normalized spacial score (nSPS) is 40.7. The van der Waals surface area contributed by atoms with Crippen molar-refractivity contribution in [1.29, 1.82) is 0 Å². The molecule has 0 radical (unpaired) electrons. The number of aliphatic hydroxyl groups excluding tert-OH is 5. The molecule has 0 aromatic heterocycles. The Morgan fingerprint density at radius 1 is 1.00 bits per heavy atom. The Morgan fingerprint density at radius 3 is 2.41 bits per heavy atom. The van der Waals surface area contributed by atoms with E-state index < -0.39 is 67.0 Å². The molecule has 0 aliphatic carbocycles. The molecule has 0 unspecified atom stereocenters. The van der Waals surface area contributed by atoms with Gasteiger partial charge in [0.1, 0.15) is 42.7 Å². The van der Waals surface area contributed by atoms with Crippen molar-refractivity contribution in [2.45, 2.75) is 93.9 Å². The molecule has 0 amide bonds. The molecule has 0 spiro atoms. The fourth-order valence-corrected chi connectivity index (χ4v) is 4.45. The summed E-state index contributed by atoms with van der Waals surface area (Å²) in [5, 5.41) is 51.0. The van der Waals surface area contributed by atoms with Crippen molar-refractivity contribution in [1.82, 2.24) is 0 Å². The summed E-state index contributed by atoms with van der Waals surface area (Å²) < 4.78 is 29.0. The molecule has 10 nitrogen and oxygen atoms in total. The minimum atomic E-state index is -1.50. The van der Waals surface area contributed by atoms with Crippen LogP contribution >= 0.6 is 0 Å². The van der Waals surface area contributed by atoms with E-state index in [0.29, 0.717) is 0 Å². The molecule has 5 N–H and O–H groups in total. The number of hydrogen-bond acceptors (Lipinski definition) is 10. The molecule has 4 rings (SSSR count). The third kappa shape index (κ3) is 5.00. The van der Waals surface area contributed by atoms with Crippen LogP contribution in [0.4, 0.5) is 0 Å². The van der Waals surface area contributed by atoms with E-state index in [4.69, 9.17) is 23.7 Å². The van der Waals surface area contributed by atoms with Crippen LogP contribution in [0.1, 0.15) is 25.8 Å². The molecule has 32 heavy (non-hydrogen) atoms. The average Bonchev–Trinajstić information content (AvgIpc) is 3.23. The third-order valence-corrected chi connectivity index (χ3v) is 6.09. The Morgan fingerprint density at radius 2 is 1.69 bits per heavy atom. The molecule has 180 valence electrons. The maximum Gasteiger partial charge on any atom is 0.190 e. The lowest BCUT2D eigenvalue weighted by atomic mass is 9.91. The number of hydrogen-bond donors (Lipinski definition) is 5. The summed E-state index contributed by atoms with van der Waals surface area (Å²) in [7, 11) is 0. The van der Waals surface area contributed by atoms with Gasteiger partial charge in [0.25, 0.3) is 0 Å². The highest BCUT2D eigenvalue weighted by atomic mass is 16.8. The molecule has 1 aromatic rings. The highest BCUT2D eigenvalue weighted by molar-refractivity contribution is 5.13. The summed E-state index contributed by atoms with van der Waals surface area (Å²) in [6.45, 7) is 3.56. The first-order valence-corrected chi connectivity index (χ1v) is 10.8. The summed E-state index contributed by atoms with van der Waals surface area (Å²) in [5.74, 6) is -0.865. The second-order valence-corrected chi connectivity index (χ2v) is 9.05. The SMILES string of the molecule is CC1(C)O[C@H]2O[C@H]([C@H](O)C[C@@H](O)[C@@H]3OC[C@@H](O)[C@H](O)[C@H]3O)[C@H](OCc3ccccc3)[C@H]2O1. The average molecular weight is 456 g/mol. The van der Waals surface area contributed by atoms with Crippen molar-refractivity contribution in [3.8, 4) is 0 Å². The number of rotatable bonds is 7. The van der Waals surface area contributed by atoms with Crippen molar-refractivity contribution < 1.29 is 49.2 Å².